The van der Waals surface area contributed by atoms with Gasteiger partial charge in [0.25, 0.3) is 0 Å². The number of anilines is 1. The lowest BCUT2D eigenvalue weighted by Crippen LogP contribution is -2.25. The van der Waals surface area contributed by atoms with Gasteiger partial charge < -0.3 is 20.3 Å². The summed E-state index contributed by atoms with van der Waals surface area (Å²) in [6.07, 6.45) is 0.492. The number of ether oxygens (including phenoxy) is 1. The van der Waals surface area contributed by atoms with Gasteiger partial charge in [-0.3, -0.25) is 0 Å². The molecule has 0 saturated heterocycles. The zero-order chi connectivity index (χ0) is 12.0. The van der Waals surface area contributed by atoms with Gasteiger partial charge in [0.1, 0.15) is 5.75 Å². The van der Waals surface area contributed by atoms with Crippen LogP contribution in [0, 0.1) is 0 Å². The second kappa shape index (κ2) is 6.73. The minimum absolute atomic E-state index is 0.0315. The van der Waals surface area contributed by atoms with E-state index in [4.69, 9.17) is 14.9 Å². The molecule has 1 aromatic carbocycles. The van der Waals surface area contributed by atoms with Crippen molar-refractivity contribution in [2.45, 2.75) is 12.5 Å². The first kappa shape index (κ1) is 13.3. The molecule has 0 aliphatic rings. The molecule has 0 fully saturated rings. The van der Waals surface area contributed by atoms with Crippen molar-refractivity contribution < 1.29 is 14.9 Å². The topological polar surface area (TPSA) is 61.7 Å². The molecular weight excluding hydrogens is 274 g/mol. The number of halogens is 1. The van der Waals surface area contributed by atoms with E-state index < -0.39 is 0 Å². The number of aliphatic hydroxyl groups excluding tert-OH is 2. The Bertz CT molecular complexity index is 333. The first-order valence-electron chi connectivity index (χ1n) is 5.03. The van der Waals surface area contributed by atoms with E-state index in [9.17, 15) is 0 Å². The summed E-state index contributed by atoms with van der Waals surface area (Å²) in [5, 5.41) is 21.1. The van der Waals surface area contributed by atoms with Crippen molar-refractivity contribution in [1.29, 1.82) is 0 Å². The summed E-state index contributed by atoms with van der Waals surface area (Å²) in [6, 6.07) is 5.41. The Morgan fingerprint density at radius 1 is 1.44 bits per heavy atom. The minimum Gasteiger partial charge on any atom is -0.495 e. The van der Waals surface area contributed by atoms with E-state index in [1.54, 1.807) is 7.11 Å². The molecule has 0 saturated carbocycles. The highest BCUT2D eigenvalue weighted by Gasteiger charge is 2.10. The van der Waals surface area contributed by atoms with Crippen LogP contribution >= 0.6 is 15.9 Å². The molecule has 16 heavy (non-hydrogen) atoms. The molecule has 0 aromatic heterocycles. The summed E-state index contributed by atoms with van der Waals surface area (Å²) < 4.78 is 6.12. The highest BCUT2D eigenvalue weighted by atomic mass is 79.9. The van der Waals surface area contributed by atoms with Crippen LogP contribution in [-0.4, -0.2) is 36.6 Å². The molecular formula is C11H16BrNO3. The quantitative estimate of drug-likeness (QED) is 0.745. The van der Waals surface area contributed by atoms with Gasteiger partial charge in [0.2, 0.25) is 0 Å². The van der Waals surface area contributed by atoms with Crippen molar-refractivity contribution in [3.05, 3.63) is 22.7 Å². The molecule has 90 valence electrons. The van der Waals surface area contributed by atoms with E-state index in [1.165, 1.54) is 0 Å². The molecule has 0 amide bonds. The van der Waals surface area contributed by atoms with Crippen molar-refractivity contribution in [3.63, 3.8) is 0 Å². The van der Waals surface area contributed by atoms with Crippen LogP contribution in [0.25, 0.3) is 0 Å². The van der Waals surface area contributed by atoms with Crippen LogP contribution in [0.3, 0.4) is 0 Å². The summed E-state index contributed by atoms with van der Waals surface area (Å²) in [5.74, 6) is 0.708. The number of aliphatic hydroxyl groups is 2. The lowest BCUT2D eigenvalue weighted by molar-refractivity contribution is 0.228. The average molecular weight is 290 g/mol. The lowest BCUT2D eigenvalue weighted by Gasteiger charge is -2.18. The number of hydrogen-bond acceptors (Lipinski definition) is 4. The van der Waals surface area contributed by atoms with Crippen LogP contribution in [0.4, 0.5) is 5.69 Å². The Morgan fingerprint density at radius 2 is 2.19 bits per heavy atom. The number of nitrogens with one attached hydrogen (secondary N) is 1. The Hall–Kier alpha value is -0.780. The maximum absolute atomic E-state index is 9.13. The molecule has 1 aromatic rings. The molecule has 0 aliphatic heterocycles. The van der Waals surface area contributed by atoms with E-state index in [2.05, 4.69) is 21.2 Å². The molecule has 1 unspecified atom stereocenters. The standard InChI is InChI=1S/C11H16BrNO3/c1-16-11-3-2-8(12)6-10(11)13-9(7-15)4-5-14/h2-3,6,9,13-15H,4-5,7H2,1H3. The molecule has 0 aliphatic carbocycles. The van der Waals surface area contributed by atoms with E-state index in [0.29, 0.717) is 12.2 Å². The van der Waals surface area contributed by atoms with Crippen molar-refractivity contribution >= 4 is 21.6 Å². The SMILES string of the molecule is COc1ccc(Br)cc1NC(CO)CCO. The first-order valence-corrected chi connectivity index (χ1v) is 5.82. The Labute approximate surface area is 103 Å². The third kappa shape index (κ3) is 3.66. The summed E-state index contributed by atoms with van der Waals surface area (Å²) in [6.45, 7) is 0.00474. The van der Waals surface area contributed by atoms with Gasteiger partial charge >= 0.3 is 0 Å². The van der Waals surface area contributed by atoms with Gasteiger partial charge in [-0.15, -0.1) is 0 Å². The highest BCUT2D eigenvalue weighted by molar-refractivity contribution is 9.10. The summed E-state index contributed by atoms with van der Waals surface area (Å²) in [4.78, 5) is 0. The Morgan fingerprint density at radius 3 is 2.75 bits per heavy atom. The maximum Gasteiger partial charge on any atom is 0.142 e. The van der Waals surface area contributed by atoms with Crippen LogP contribution in [0.5, 0.6) is 5.75 Å². The third-order valence-corrected chi connectivity index (χ3v) is 2.71. The van der Waals surface area contributed by atoms with E-state index in [1.807, 2.05) is 18.2 Å². The third-order valence-electron chi connectivity index (χ3n) is 2.22. The van der Waals surface area contributed by atoms with Gasteiger partial charge in [-0.2, -0.15) is 0 Å². The molecule has 0 bridgehead atoms. The van der Waals surface area contributed by atoms with Crippen LogP contribution in [0.2, 0.25) is 0 Å². The van der Waals surface area contributed by atoms with E-state index in [-0.39, 0.29) is 19.3 Å². The minimum atomic E-state index is -0.173. The van der Waals surface area contributed by atoms with Crippen LogP contribution in [-0.2, 0) is 0 Å². The second-order valence-corrected chi connectivity index (χ2v) is 4.30. The van der Waals surface area contributed by atoms with Crippen LogP contribution in [0.15, 0.2) is 22.7 Å². The molecule has 1 atom stereocenters. The van der Waals surface area contributed by atoms with Gasteiger partial charge in [-0.1, -0.05) is 15.9 Å². The van der Waals surface area contributed by atoms with Gasteiger partial charge in [-0.25, -0.2) is 0 Å². The molecule has 0 spiro atoms. The monoisotopic (exact) mass is 289 g/mol. The molecule has 1 rings (SSSR count). The molecule has 4 nitrogen and oxygen atoms in total. The molecule has 3 N–H and O–H groups in total. The number of rotatable bonds is 6. The summed E-state index contributed by atoms with van der Waals surface area (Å²) in [7, 11) is 1.59. The van der Waals surface area contributed by atoms with Crippen molar-refractivity contribution in [2.24, 2.45) is 0 Å². The van der Waals surface area contributed by atoms with E-state index >= 15 is 0 Å². The predicted octanol–water partition coefficient (Wildman–Crippen LogP) is 1.61. The fourth-order valence-electron chi connectivity index (χ4n) is 1.38. The van der Waals surface area contributed by atoms with Crippen molar-refractivity contribution in [3.8, 4) is 5.75 Å². The van der Waals surface area contributed by atoms with Gasteiger partial charge in [-0.05, 0) is 24.6 Å². The number of hydrogen-bond donors (Lipinski definition) is 3. The number of benzene rings is 1. The second-order valence-electron chi connectivity index (χ2n) is 3.38. The zero-order valence-corrected chi connectivity index (χ0v) is 10.7. The fourth-order valence-corrected chi connectivity index (χ4v) is 1.74. The largest absolute Gasteiger partial charge is 0.495 e. The van der Waals surface area contributed by atoms with E-state index in [0.717, 1.165) is 10.2 Å². The number of methoxy groups -OCH3 is 1. The van der Waals surface area contributed by atoms with Crippen molar-refractivity contribution in [1.82, 2.24) is 0 Å². The Balaban J connectivity index is 2.80. The smallest absolute Gasteiger partial charge is 0.142 e. The van der Waals surface area contributed by atoms with Crippen LogP contribution in [0.1, 0.15) is 6.42 Å². The average Bonchev–Trinajstić information content (AvgIpc) is 2.29. The first-order chi connectivity index (χ1) is 7.71. The summed E-state index contributed by atoms with van der Waals surface area (Å²) >= 11 is 3.37. The van der Waals surface area contributed by atoms with Gasteiger partial charge in [0, 0.05) is 11.1 Å². The van der Waals surface area contributed by atoms with Crippen LogP contribution < -0.4 is 10.1 Å². The maximum atomic E-state index is 9.13. The molecule has 5 heteroatoms. The Kier molecular flexibility index (Phi) is 5.59. The molecule has 0 heterocycles. The molecule has 0 radical (unpaired) electrons. The predicted molar refractivity (Wildman–Crippen MR) is 66.9 cm³/mol. The highest BCUT2D eigenvalue weighted by Crippen LogP contribution is 2.28. The fraction of sp³-hybridized carbons (Fsp3) is 0.455. The van der Waals surface area contributed by atoms with Gasteiger partial charge in [0.15, 0.2) is 0 Å². The lowest BCUT2D eigenvalue weighted by atomic mass is 10.2. The van der Waals surface area contributed by atoms with Crippen molar-refractivity contribution in [2.75, 3.05) is 25.6 Å². The zero-order valence-electron chi connectivity index (χ0n) is 9.11. The summed E-state index contributed by atoms with van der Waals surface area (Å²) in [5.41, 5.74) is 0.796. The normalized spacial score (nSPS) is 12.2. The van der Waals surface area contributed by atoms with Gasteiger partial charge in [0.05, 0.1) is 25.4 Å².